The van der Waals surface area contributed by atoms with E-state index in [1.165, 1.54) is 11.1 Å². The second kappa shape index (κ2) is 11.8. The normalized spacial score (nSPS) is 15.3. The molecule has 0 fully saturated rings. The van der Waals surface area contributed by atoms with Crippen molar-refractivity contribution in [3.8, 4) is 0 Å². The van der Waals surface area contributed by atoms with Crippen LogP contribution < -0.4 is 0 Å². The summed E-state index contributed by atoms with van der Waals surface area (Å²) in [7, 11) is 0. The summed E-state index contributed by atoms with van der Waals surface area (Å²) in [6, 6.07) is 29.0. The molecule has 0 aliphatic heterocycles. The van der Waals surface area contributed by atoms with Crippen molar-refractivity contribution in [2.24, 2.45) is 0 Å². The maximum Gasteiger partial charge on any atom is 0.130 e. The van der Waals surface area contributed by atoms with Gasteiger partial charge in [-0.05, 0) is 69.9 Å². The molecule has 2 unspecified atom stereocenters. The Labute approximate surface area is 204 Å². The summed E-state index contributed by atoms with van der Waals surface area (Å²) in [6.07, 6.45) is 1.24. The largest absolute Gasteiger partial charge is 0.233 e. The molecule has 3 aromatic rings. The highest BCUT2D eigenvalue weighted by Gasteiger charge is 2.35. The molecule has 0 saturated carbocycles. The fraction of sp³-hybridized carbons (Fsp3) is 0.400. The van der Waals surface area contributed by atoms with Gasteiger partial charge in [0.1, 0.15) is 11.2 Å². The van der Waals surface area contributed by atoms with Gasteiger partial charge in [-0.15, -0.1) is 0 Å². The summed E-state index contributed by atoms with van der Waals surface area (Å²) in [5.41, 5.74) is 3.01. The van der Waals surface area contributed by atoms with Crippen LogP contribution in [-0.4, -0.2) is 12.2 Å². The molecule has 0 spiro atoms. The maximum absolute atomic E-state index is 6.09. The smallest absolute Gasteiger partial charge is 0.130 e. The summed E-state index contributed by atoms with van der Waals surface area (Å²) in [5.74, 6) is 0. The van der Waals surface area contributed by atoms with Crippen LogP contribution in [0.1, 0.15) is 63.8 Å². The summed E-state index contributed by atoms with van der Waals surface area (Å²) in [5, 5.41) is 0. The van der Waals surface area contributed by atoms with Crippen molar-refractivity contribution < 1.29 is 19.6 Å². The van der Waals surface area contributed by atoms with Crippen LogP contribution in [0.5, 0.6) is 0 Å². The molecule has 2 atom stereocenters. The Bertz CT molecular complexity index is 924. The molecule has 0 aliphatic rings. The van der Waals surface area contributed by atoms with Crippen molar-refractivity contribution in [1.82, 2.24) is 0 Å². The van der Waals surface area contributed by atoms with Gasteiger partial charge in [-0.1, -0.05) is 78.9 Å². The monoisotopic (exact) mass is 462 g/mol. The van der Waals surface area contributed by atoms with Crippen LogP contribution in [0.4, 0.5) is 0 Å². The van der Waals surface area contributed by atoms with Gasteiger partial charge in [-0.25, -0.2) is 19.6 Å². The van der Waals surface area contributed by atoms with Gasteiger partial charge in [0.05, 0.1) is 12.2 Å². The first kappa shape index (κ1) is 26.1. The van der Waals surface area contributed by atoms with Crippen LogP contribution in [0.3, 0.4) is 0 Å². The lowest BCUT2D eigenvalue weighted by Crippen LogP contribution is -2.33. The zero-order valence-corrected chi connectivity index (χ0v) is 21.3. The third-order valence-corrected chi connectivity index (χ3v) is 5.70. The Morgan fingerprint density at radius 3 is 1.29 bits per heavy atom. The fourth-order valence-electron chi connectivity index (χ4n) is 3.91. The van der Waals surface area contributed by atoms with Crippen molar-refractivity contribution in [2.45, 2.75) is 77.8 Å². The number of hydrogen-bond donors (Lipinski definition) is 0. The lowest BCUT2D eigenvalue weighted by molar-refractivity contribution is -0.382. The topological polar surface area (TPSA) is 36.9 Å². The van der Waals surface area contributed by atoms with Gasteiger partial charge in [0, 0.05) is 12.8 Å². The van der Waals surface area contributed by atoms with Crippen molar-refractivity contribution >= 4 is 0 Å². The minimum Gasteiger partial charge on any atom is -0.233 e. The third kappa shape index (κ3) is 7.25. The lowest BCUT2D eigenvalue weighted by atomic mass is 9.83. The molecule has 0 saturated heterocycles. The molecule has 3 aromatic carbocycles. The second-order valence-corrected chi connectivity index (χ2v) is 9.82. The van der Waals surface area contributed by atoms with Crippen LogP contribution in [0.2, 0.25) is 0 Å². The standard InChI is InChI=1S/C30H38O4/c1-23(2)31-33-29(5,21-25-14-9-7-10-15-25)27-18-13-19-28(20-27)30(6,34-32-24(3)4)22-26-16-11-8-12-17-26/h7-20,23-24H,21-22H2,1-6H3. The number of benzene rings is 3. The molecule has 0 bridgehead atoms. The first-order valence-corrected chi connectivity index (χ1v) is 12.1. The lowest BCUT2D eigenvalue weighted by Gasteiger charge is -2.33. The molecule has 3 rings (SSSR count). The quantitative estimate of drug-likeness (QED) is 0.209. The predicted molar refractivity (Wildman–Crippen MR) is 136 cm³/mol. The highest BCUT2D eigenvalue weighted by Crippen LogP contribution is 2.36. The SMILES string of the molecule is CC(C)OOC(C)(Cc1ccccc1)c1cccc(C(C)(Cc2ccccc2)OOC(C)C)c1. The van der Waals surface area contributed by atoms with E-state index in [1.54, 1.807) is 0 Å². The third-order valence-electron chi connectivity index (χ3n) is 5.70. The van der Waals surface area contributed by atoms with E-state index in [2.05, 4.69) is 62.4 Å². The van der Waals surface area contributed by atoms with Crippen molar-refractivity contribution in [2.75, 3.05) is 0 Å². The number of hydrogen-bond acceptors (Lipinski definition) is 4. The Hall–Kier alpha value is -2.50. The summed E-state index contributed by atoms with van der Waals surface area (Å²) in [6.45, 7) is 12.0. The van der Waals surface area contributed by atoms with Crippen LogP contribution in [0.15, 0.2) is 84.9 Å². The van der Waals surface area contributed by atoms with E-state index in [9.17, 15) is 0 Å². The molecule has 4 heteroatoms. The van der Waals surface area contributed by atoms with Crippen LogP contribution in [-0.2, 0) is 43.6 Å². The van der Waals surface area contributed by atoms with Gasteiger partial charge < -0.3 is 0 Å². The van der Waals surface area contributed by atoms with E-state index in [0.717, 1.165) is 11.1 Å². The second-order valence-electron chi connectivity index (χ2n) is 9.82. The first-order valence-electron chi connectivity index (χ1n) is 12.1. The fourth-order valence-corrected chi connectivity index (χ4v) is 3.91. The van der Waals surface area contributed by atoms with Gasteiger partial charge in [0.2, 0.25) is 0 Å². The van der Waals surface area contributed by atoms with Gasteiger partial charge in [-0.2, -0.15) is 0 Å². The molecule has 0 N–H and O–H groups in total. The molecule has 182 valence electrons. The minimum absolute atomic E-state index is 0.0515. The van der Waals surface area contributed by atoms with E-state index < -0.39 is 11.2 Å². The summed E-state index contributed by atoms with van der Waals surface area (Å²) < 4.78 is 0. The first-order chi connectivity index (χ1) is 16.2. The van der Waals surface area contributed by atoms with Crippen molar-refractivity contribution in [3.63, 3.8) is 0 Å². The van der Waals surface area contributed by atoms with E-state index >= 15 is 0 Å². The maximum atomic E-state index is 6.09. The molecule has 0 radical (unpaired) electrons. The van der Waals surface area contributed by atoms with Crippen LogP contribution in [0, 0.1) is 0 Å². The van der Waals surface area contributed by atoms with E-state index in [0.29, 0.717) is 12.8 Å². The van der Waals surface area contributed by atoms with Gasteiger partial charge in [0.15, 0.2) is 0 Å². The van der Waals surface area contributed by atoms with Crippen molar-refractivity contribution in [3.05, 3.63) is 107 Å². The Morgan fingerprint density at radius 2 is 0.941 bits per heavy atom. The number of rotatable bonds is 12. The summed E-state index contributed by atoms with van der Waals surface area (Å²) in [4.78, 5) is 23.5. The molecule has 34 heavy (non-hydrogen) atoms. The van der Waals surface area contributed by atoms with Gasteiger partial charge in [-0.3, -0.25) is 0 Å². The highest BCUT2D eigenvalue weighted by atomic mass is 17.2. The average molecular weight is 463 g/mol. The van der Waals surface area contributed by atoms with E-state index in [-0.39, 0.29) is 12.2 Å². The van der Waals surface area contributed by atoms with Crippen molar-refractivity contribution in [1.29, 1.82) is 0 Å². The van der Waals surface area contributed by atoms with E-state index in [1.807, 2.05) is 64.1 Å². The molecular weight excluding hydrogens is 424 g/mol. The van der Waals surface area contributed by atoms with E-state index in [4.69, 9.17) is 19.6 Å². The molecule has 0 heterocycles. The Balaban J connectivity index is 1.99. The molecule has 0 amide bonds. The van der Waals surface area contributed by atoms with Gasteiger partial charge in [0.25, 0.3) is 0 Å². The van der Waals surface area contributed by atoms with Crippen LogP contribution in [0.25, 0.3) is 0 Å². The zero-order valence-electron chi connectivity index (χ0n) is 21.3. The van der Waals surface area contributed by atoms with Crippen LogP contribution >= 0.6 is 0 Å². The van der Waals surface area contributed by atoms with Gasteiger partial charge >= 0.3 is 0 Å². The molecule has 4 nitrogen and oxygen atoms in total. The highest BCUT2D eigenvalue weighted by molar-refractivity contribution is 5.34. The zero-order chi connectivity index (χ0) is 24.6. The molecule has 0 aromatic heterocycles. The molecule has 0 aliphatic carbocycles. The Morgan fingerprint density at radius 1 is 0.559 bits per heavy atom. The predicted octanol–water partition coefficient (Wildman–Crippen LogP) is 7.32. The Kier molecular flexibility index (Phi) is 9.03. The summed E-state index contributed by atoms with van der Waals surface area (Å²) >= 11 is 0. The average Bonchev–Trinajstić information content (AvgIpc) is 2.83. The minimum atomic E-state index is -0.686. The molecular formula is C30H38O4.